The number of carbonyl (C=O) groups is 1. The van der Waals surface area contributed by atoms with Crippen LogP contribution in [0.2, 0.25) is 0 Å². The molecule has 0 aromatic heterocycles. The maximum absolute atomic E-state index is 13.5. The van der Waals surface area contributed by atoms with Crippen LogP contribution in [-0.4, -0.2) is 64.5 Å². The zero-order valence-electron chi connectivity index (χ0n) is 14.5. The van der Waals surface area contributed by atoms with Crippen molar-refractivity contribution in [3.8, 4) is 5.75 Å². The molecule has 6 nitrogen and oxygen atoms in total. The van der Waals surface area contributed by atoms with E-state index in [0.29, 0.717) is 39.3 Å². The maximum atomic E-state index is 13.5. The molecule has 7 heteroatoms. The summed E-state index contributed by atoms with van der Waals surface area (Å²) in [6, 6.07) is 4.79. The van der Waals surface area contributed by atoms with E-state index in [-0.39, 0.29) is 23.5 Å². The molecule has 0 saturated carbocycles. The van der Waals surface area contributed by atoms with Crippen LogP contribution in [0.4, 0.5) is 14.9 Å². The lowest BCUT2D eigenvalue weighted by atomic mass is 10.2. The summed E-state index contributed by atoms with van der Waals surface area (Å²) < 4.78 is 23.6. The Morgan fingerprint density at radius 2 is 2.00 bits per heavy atom. The van der Waals surface area contributed by atoms with Crippen molar-refractivity contribution < 1.29 is 18.7 Å². The van der Waals surface area contributed by atoms with Gasteiger partial charge in [-0.3, -0.25) is 0 Å². The van der Waals surface area contributed by atoms with Crippen LogP contribution in [-0.2, 0) is 4.74 Å². The number of anilines is 1. The topological polar surface area (TPSA) is 54.0 Å². The molecule has 0 spiro atoms. The molecule has 24 heavy (non-hydrogen) atoms. The number of rotatable bonds is 6. The summed E-state index contributed by atoms with van der Waals surface area (Å²) in [6.45, 7) is 5.92. The number of hydrogen-bond acceptors (Lipinski definition) is 4. The van der Waals surface area contributed by atoms with Gasteiger partial charge in [0, 0.05) is 51.6 Å². The van der Waals surface area contributed by atoms with E-state index in [1.807, 2.05) is 6.92 Å². The third-order valence-electron chi connectivity index (χ3n) is 4.12. The number of ether oxygens (including phenoxy) is 2. The third kappa shape index (κ3) is 4.74. The van der Waals surface area contributed by atoms with Crippen LogP contribution in [0.1, 0.15) is 6.92 Å². The molecule has 2 amide bonds. The van der Waals surface area contributed by atoms with Crippen molar-refractivity contribution in [1.29, 1.82) is 0 Å². The van der Waals surface area contributed by atoms with Gasteiger partial charge in [0.15, 0.2) is 11.6 Å². The highest BCUT2D eigenvalue weighted by atomic mass is 19.1. The van der Waals surface area contributed by atoms with Crippen molar-refractivity contribution in [2.45, 2.75) is 6.92 Å². The number of hydrogen-bond donors (Lipinski definition) is 1. The van der Waals surface area contributed by atoms with Crippen LogP contribution in [0.15, 0.2) is 18.2 Å². The quantitative estimate of drug-likeness (QED) is 0.861. The molecular formula is C17H26FN3O3. The zero-order chi connectivity index (χ0) is 17.5. The molecule has 0 bridgehead atoms. The number of piperazine rings is 1. The zero-order valence-corrected chi connectivity index (χ0v) is 14.5. The van der Waals surface area contributed by atoms with Gasteiger partial charge in [-0.1, -0.05) is 6.92 Å². The molecular weight excluding hydrogens is 313 g/mol. The minimum atomic E-state index is -0.371. The van der Waals surface area contributed by atoms with Crippen molar-refractivity contribution in [2.75, 3.05) is 58.5 Å². The fourth-order valence-corrected chi connectivity index (χ4v) is 2.73. The van der Waals surface area contributed by atoms with Crippen molar-refractivity contribution >= 4 is 11.7 Å². The largest absolute Gasteiger partial charge is 0.494 e. The SMILES string of the molecule is COC[C@@H](C)CNC(=O)N1CCN(c2ccc(F)c(OC)c2)CC1. The molecule has 1 aliphatic heterocycles. The second kappa shape index (κ2) is 8.73. The second-order valence-electron chi connectivity index (χ2n) is 6.04. The second-order valence-corrected chi connectivity index (χ2v) is 6.04. The Bertz CT molecular complexity index is 548. The number of nitrogens with one attached hydrogen (secondary N) is 1. The lowest BCUT2D eigenvalue weighted by molar-refractivity contribution is 0.154. The molecule has 1 fully saturated rings. The predicted molar refractivity (Wildman–Crippen MR) is 91.2 cm³/mol. The average Bonchev–Trinajstić information content (AvgIpc) is 2.60. The molecule has 1 atom stereocenters. The molecule has 1 aromatic rings. The molecule has 0 unspecified atom stereocenters. The van der Waals surface area contributed by atoms with E-state index in [1.54, 1.807) is 24.1 Å². The number of carbonyl (C=O) groups excluding carboxylic acids is 1. The Labute approximate surface area is 142 Å². The van der Waals surface area contributed by atoms with Gasteiger partial charge < -0.3 is 24.6 Å². The van der Waals surface area contributed by atoms with Gasteiger partial charge in [0.1, 0.15) is 0 Å². The van der Waals surface area contributed by atoms with Gasteiger partial charge in [0.05, 0.1) is 13.7 Å². The fraction of sp³-hybridized carbons (Fsp3) is 0.588. The Kier molecular flexibility index (Phi) is 6.66. The highest BCUT2D eigenvalue weighted by molar-refractivity contribution is 5.74. The van der Waals surface area contributed by atoms with E-state index in [2.05, 4.69) is 10.2 Å². The molecule has 134 valence electrons. The summed E-state index contributed by atoms with van der Waals surface area (Å²) in [5.74, 6) is 0.149. The molecule has 1 saturated heterocycles. The molecule has 0 aliphatic carbocycles. The van der Waals surface area contributed by atoms with Crippen molar-refractivity contribution in [2.24, 2.45) is 5.92 Å². The molecule has 0 radical (unpaired) electrons. The van der Waals surface area contributed by atoms with Crippen molar-refractivity contribution in [3.63, 3.8) is 0 Å². The monoisotopic (exact) mass is 339 g/mol. The summed E-state index contributed by atoms with van der Waals surface area (Å²) in [5.41, 5.74) is 0.905. The Hall–Kier alpha value is -2.02. The number of halogens is 1. The van der Waals surface area contributed by atoms with Crippen LogP contribution in [0.3, 0.4) is 0 Å². The summed E-state index contributed by atoms with van der Waals surface area (Å²) >= 11 is 0. The van der Waals surface area contributed by atoms with E-state index < -0.39 is 0 Å². The van der Waals surface area contributed by atoms with Crippen LogP contribution >= 0.6 is 0 Å². The summed E-state index contributed by atoms with van der Waals surface area (Å²) in [4.78, 5) is 16.1. The maximum Gasteiger partial charge on any atom is 0.317 e. The first-order chi connectivity index (χ1) is 11.5. The smallest absolute Gasteiger partial charge is 0.317 e. The first-order valence-electron chi connectivity index (χ1n) is 8.15. The van der Waals surface area contributed by atoms with Crippen molar-refractivity contribution in [3.05, 3.63) is 24.0 Å². The first-order valence-corrected chi connectivity index (χ1v) is 8.15. The Morgan fingerprint density at radius 1 is 1.29 bits per heavy atom. The lowest BCUT2D eigenvalue weighted by Crippen LogP contribution is -2.52. The van der Waals surface area contributed by atoms with E-state index in [4.69, 9.17) is 9.47 Å². The van der Waals surface area contributed by atoms with E-state index in [0.717, 1.165) is 5.69 Å². The average molecular weight is 339 g/mol. The van der Waals surface area contributed by atoms with Gasteiger partial charge in [-0.05, 0) is 18.1 Å². The minimum Gasteiger partial charge on any atom is -0.494 e. The van der Waals surface area contributed by atoms with Crippen molar-refractivity contribution in [1.82, 2.24) is 10.2 Å². The van der Waals surface area contributed by atoms with Gasteiger partial charge >= 0.3 is 6.03 Å². The Morgan fingerprint density at radius 3 is 2.62 bits per heavy atom. The van der Waals surface area contributed by atoms with Crippen LogP contribution in [0.5, 0.6) is 5.75 Å². The number of amides is 2. The molecule has 1 aromatic carbocycles. The fourth-order valence-electron chi connectivity index (χ4n) is 2.73. The summed E-state index contributed by atoms with van der Waals surface area (Å²) in [5, 5.41) is 2.94. The van der Waals surface area contributed by atoms with Crippen LogP contribution in [0.25, 0.3) is 0 Å². The molecule has 2 rings (SSSR count). The molecule has 1 aliphatic rings. The van der Waals surface area contributed by atoms with Crippen LogP contribution in [0, 0.1) is 11.7 Å². The van der Waals surface area contributed by atoms with Gasteiger partial charge in [-0.15, -0.1) is 0 Å². The summed E-state index contributed by atoms with van der Waals surface area (Å²) in [6.07, 6.45) is 0. The Balaban J connectivity index is 1.83. The first kappa shape index (κ1) is 18.3. The normalized spacial score (nSPS) is 16.0. The van der Waals surface area contributed by atoms with Gasteiger partial charge in [-0.2, -0.15) is 0 Å². The van der Waals surface area contributed by atoms with Gasteiger partial charge in [0.2, 0.25) is 0 Å². The molecule has 1 heterocycles. The van der Waals surface area contributed by atoms with Crippen LogP contribution < -0.4 is 15.0 Å². The van der Waals surface area contributed by atoms with E-state index >= 15 is 0 Å². The number of nitrogens with zero attached hydrogens (tertiary/aromatic N) is 2. The summed E-state index contributed by atoms with van der Waals surface area (Å²) in [7, 11) is 3.11. The third-order valence-corrected chi connectivity index (χ3v) is 4.12. The highest BCUT2D eigenvalue weighted by Gasteiger charge is 2.22. The van der Waals surface area contributed by atoms with E-state index in [1.165, 1.54) is 13.2 Å². The number of urea groups is 1. The minimum absolute atomic E-state index is 0.0470. The van der Waals surface area contributed by atoms with Gasteiger partial charge in [0.25, 0.3) is 0 Å². The predicted octanol–water partition coefficient (Wildman–Crippen LogP) is 1.95. The standard InChI is InChI=1S/C17H26FN3O3/c1-13(12-23-2)11-19-17(22)21-8-6-20(7-9-21)14-4-5-15(18)16(10-14)24-3/h4-5,10,13H,6-9,11-12H2,1-3H3,(H,19,22)/t13-/m0/s1. The van der Waals surface area contributed by atoms with Gasteiger partial charge in [-0.25, -0.2) is 9.18 Å². The lowest BCUT2D eigenvalue weighted by Gasteiger charge is -2.36. The number of methoxy groups -OCH3 is 2. The highest BCUT2D eigenvalue weighted by Crippen LogP contribution is 2.25. The molecule has 1 N–H and O–H groups in total. The van der Waals surface area contributed by atoms with E-state index in [9.17, 15) is 9.18 Å². The number of benzene rings is 1.